The van der Waals surface area contributed by atoms with Crippen molar-refractivity contribution in [3.8, 4) is 5.75 Å². The molecule has 9 heteroatoms. The molecule has 1 saturated carbocycles. The molecule has 3 rings (SSSR count). The molecule has 2 amide bonds. The Morgan fingerprint density at radius 1 is 1.00 bits per heavy atom. The van der Waals surface area contributed by atoms with Gasteiger partial charge in [-0.25, -0.2) is 8.42 Å². The molecule has 2 aromatic carbocycles. The third-order valence-electron chi connectivity index (χ3n) is 6.93. The highest BCUT2D eigenvalue weighted by Gasteiger charge is 2.32. The number of ether oxygens (including phenoxy) is 1. The van der Waals surface area contributed by atoms with E-state index in [0.717, 1.165) is 47.4 Å². The quantitative estimate of drug-likeness (QED) is 0.428. The Morgan fingerprint density at radius 3 is 2.18 bits per heavy atom. The summed E-state index contributed by atoms with van der Waals surface area (Å²) < 4.78 is 32.1. The van der Waals surface area contributed by atoms with E-state index >= 15 is 0 Å². The van der Waals surface area contributed by atoms with Crippen LogP contribution in [-0.2, 0) is 26.2 Å². The average molecular weight is 544 g/mol. The van der Waals surface area contributed by atoms with Gasteiger partial charge < -0.3 is 15.0 Å². The second-order valence-electron chi connectivity index (χ2n) is 9.97. The lowest BCUT2D eigenvalue weighted by atomic mass is 9.95. The summed E-state index contributed by atoms with van der Waals surface area (Å²) in [6.07, 6.45) is 6.71. The number of carbonyl (C=O) groups excluding carboxylic acids is 2. The molecule has 8 nitrogen and oxygen atoms in total. The van der Waals surface area contributed by atoms with Crippen molar-refractivity contribution in [1.29, 1.82) is 0 Å². The number of hydrogen-bond acceptors (Lipinski definition) is 5. The molecule has 0 aliphatic heterocycles. The molecule has 0 saturated heterocycles. The highest BCUT2D eigenvalue weighted by atomic mass is 32.2. The van der Waals surface area contributed by atoms with Gasteiger partial charge in [0.15, 0.2) is 0 Å². The molecule has 1 aliphatic rings. The number of nitrogens with one attached hydrogen (secondary N) is 1. The molecule has 1 N–H and O–H groups in total. The number of nitrogens with zero attached hydrogens (tertiary/aromatic N) is 2. The lowest BCUT2D eigenvalue weighted by Crippen LogP contribution is -2.53. The van der Waals surface area contributed by atoms with Crippen molar-refractivity contribution in [3.63, 3.8) is 0 Å². The molecule has 1 unspecified atom stereocenters. The van der Waals surface area contributed by atoms with Crippen molar-refractivity contribution in [1.82, 2.24) is 10.2 Å². The van der Waals surface area contributed by atoms with Gasteiger partial charge in [0, 0.05) is 12.6 Å². The van der Waals surface area contributed by atoms with Gasteiger partial charge in [0.05, 0.1) is 18.6 Å². The molecular weight excluding hydrogens is 502 g/mol. The normalized spacial score (nSPS) is 14.9. The summed E-state index contributed by atoms with van der Waals surface area (Å²) in [5.74, 6) is -0.00943. The van der Waals surface area contributed by atoms with E-state index in [2.05, 4.69) is 5.32 Å². The number of carbonyl (C=O) groups is 2. The molecule has 1 aliphatic carbocycles. The largest absolute Gasteiger partial charge is 0.494 e. The number of amides is 2. The monoisotopic (exact) mass is 543 g/mol. The summed E-state index contributed by atoms with van der Waals surface area (Å²) in [6.45, 7) is 6.01. The van der Waals surface area contributed by atoms with E-state index < -0.39 is 28.5 Å². The van der Waals surface area contributed by atoms with Crippen LogP contribution in [0.15, 0.2) is 48.5 Å². The summed E-state index contributed by atoms with van der Waals surface area (Å²) >= 11 is 0. The highest BCUT2D eigenvalue weighted by Crippen LogP contribution is 2.23. The van der Waals surface area contributed by atoms with E-state index in [9.17, 15) is 18.0 Å². The molecule has 208 valence electrons. The third-order valence-corrected chi connectivity index (χ3v) is 8.07. The van der Waals surface area contributed by atoms with Gasteiger partial charge in [0.1, 0.15) is 18.3 Å². The fourth-order valence-corrected chi connectivity index (χ4v) is 5.69. The number of sulfonamides is 1. The van der Waals surface area contributed by atoms with E-state index in [4.69, 9.17) is 4.74 Å². The second kappa shape index (κ2) is 13.6. The maximum atomic E-state index is 13.8. The van der Waals surface area contributed by atoms with Crippen LogP contribution in [0.2, 0.25) is 0 Å². The van der Waals surface area contributed by atoms with Gasteiger partial charge in [0.25, 0.3) is 0 Å². The minimum absolute atomic E-state index is 0.109. The van der Waals surface area contributed by atoms with Crippen molar-refractivity contribution in [2.24, 2.45) is 0 Å². The maximum absolute atomic E-state index is 13.8. The molecule has 1 fully saturated rings. The third kappa shape index (κ3) is 8.21. The first kappa shape index (κ1) is 29.5. The summed E-state index contributed by atoms with van der Waals surface area (Å²) in [4.78, 5) is 28.8. The summed E-state index contributed by atoms with van der Waals surface area (Å²) in [5, 5.41) is 3.15. The van der Waals surface area contributed by atoms with Gasteiger partial charge in [-0.3, -0.25) is 13.9 Å². The minimum Gasteiger partial charge on any atom is -0.494 e. The van der Waals surface area contributed by atoms with Crippen LogP contribution in [0.25, 0.3) is 0 Å². The van der Waals surface area contributed by atoms with Crippen LogP contribution >= 0.6 is 0 Å². The van der Waals surface area contributed by atoms with Crippen molar-refractivity contribution >= 4 is 27.5 Å². The predicted molar refractivity (Wildman–Crippen MR) is 151 cm³/mol. The summed E-state index contributed by atoms with van der Waals surface area (Å²) in [5.41, 5.74) is 2.33. The van der Waals surface area contributed by atoms with Gasteiger partial charge in [-0.1, -0.05) is 56.0 Å². The van der Waals surface area contributed by atoms with E-state index in [-0.39, 0.29) is 18.5 Å². The molecule has 0 radical (unpaired) electrons. The topological polar surface area (TPSA) is 96.0 Å². The zero-order valence-corrected chi connectivity index (χ0v) is 23.8. The molecule has 1 atom stereocenters. The standard InChI is InChI=1S/C29H41N3O5S/c1-5-27(29(34)30-24-10-8-7-9-11-24)31(20-23-14-12-22(3)13-15-23)28(33)21-32(38(4,35)36)25-16-18-26(19-17-25)37-6-2/h12-19,24,27H,5-11,20-21H2,1-4H3,(H,30,34). The second-order valence-corrected chi connectivity index (χ2v) is 11.9. The Bertz CT molecular complexity index is 1160. The van der Waals surface area contributed by atoms with Crippen molar-refractivity contribution in [2.75, 3.05) is 23.7 Å². The molecule has 0 heterocycles. The van der Waals surface area contributed by atoms with E-state index in [1.807, 2.05) is 45.0 Å². The highest BCUT2D eigenvalue weighted by molar-refractivity contribution is 7.92. The fraction of sp³-hybridized carbons (Fsp3) is 0.517. The zero-order valence-electron chi connectivity index (χ0n) is 23.0. The van der Waals surface area contributed by atoms with Gasteiger partial charge >= 0.3 is 0 Å². The van der Waals surface area contributed by atoms with Crippen LogP contribution in [0.3, 0.4) is 0 Å². The van der Waals surface area contributed by atoms with Gasteiger partial charge in [-0.15, -0.1) is 0 Å². The first-order chi connectivity index (χ1) is 18.1. The van der Waals surface area contributed by atoms with Crippen molar-refractivity contribution in [3.05, 3.63) is 59.7 Å². The number of hydrogen-bond donors (Lipinski definition) is 1. The molecule has 38 heavy (non-hydrogen) atoms. The van der Waals surface area contributed by atoms with E-state index in [1.54, 1.807) is 24.3 Å². The van der Waals surface area contributed by atoms with Crippen molar-refractivity contribution in [2.45, 2.75) is 77.9 Å². The molecule has 0 spiro atoms. The van der Waals surface area contributed by atoms with Gasteiger partial charge in [-0.05, 0) is 62.9 Å². The van der Waals surface area contributed by atoms with Gasteiger partial charge in [0.2, 0.25) is 21.8 Å². The van der Waals surface area contributed by atoms with Crippen LogP contribution in [0.5, 0.6) is 5.75 Å². The maximum Gasteiger partial charge on any atom is 0.244 e. The Hall–Kier alpha value is -3.07. The van der Waals surface area contributed by atoms with Crippen LogP contribution in [0, 0.1) is 6.92 Å². The molecular formula is C29H41N3O5S. The smallest absolute Gasteiger partial charge is 0.244 e. The first-order valence-corrected chi connectivity index (χ1v) is 15.3. The number of anilines is 1. The SMILES string of the molecule is CCOc1ccc(N(CC(=O)N(Cc2ccc(C)cc2)C(CC)C(=O)NC2CCCCC2)S(C)(=O)=O)cc1. The van der Waals surface area contributed by atoms with E-state index in [1.165, 1.54) is 11.3 Å². The summed E-state index contributed by atoms with van der Waals surface area (Å²) in [7, 11) is -3.78. The van der Waals surface area contributed by atoms with Crippen LogP contribution in [-0.4, -0.2) is 56.6 Å². The number of benzene rings is 2. The predicted octanol–water partition coefficient (Wildman–Crippen LogP) is 4.42. The number of aryl methyl sites for hydroxylation is 1. The lowest BCUT2D eigenvalue weighted by Gasteiger charge is -2.34. The van der Waals surface area contributed by atoms with Gasteiger partial charge in [-0.2, -0.15) is 0 Å². The molecule has 0 bridgehead atoms. The van der Waals surface area contributed by atoms with Crippen LogP contribution in [0.1, 0.15) is 63.5 Å². The molecule has 2 aromatic rings. The zero-order chi connectivity index (χ0) is 27.7. The Kier molecular flexibility index (Phi) is 10.6. The average Bonchev–Trinajstić information content (AvgIpc) is 2.89. The van der Waals surface area contributed by atoms with Crippen LogP contribution in [0.4, 0.5) is 5.69 Å². The molecule has 0 aromatic heterocycles. The van der Waals surface area contributed by atoms with E-state index in [0.29, 0.717) is 24.5 Å². The Balaban J connectivity index is 1.89. The fourth-order valence-electron chi connectivity index (χ4n) is 4.84. The first-order valence-electron chi connectivity index (χ1n) is 13.5. The van der Waals surface area contributed by atoms with Crippen molar-refractivity contribution < 1.29 is 22.7 Å². The summed E-state index contributed by atoms with van der Waals surface area (Å²) in [6, 6.07) is 13.8. The minimum atomic E-state index is -3.78. The Morgan fingerprint density at radius 2 is 1.63 bits per heavy atom. The van der Waals surface area contributed by atoms with Crippen LogP contribution < -0.4 is 14.4 Å². The lowest BCUT2D eigenvalue weighted by molar-refractivity contribution is -0.140. The Labute approximate surface area is 227 Å². The number of rotatable bonds is 12.